The van der Waals surface area contributed by atoms with Crippen LogP contribution >= 0.6 is 0 Å². The van der Waals surface area contributed by atoms with Gasteiger partial charge < -0.3 is 4.90 Å². The van der Waals surface area contributed by atoms with Crippen molar-refractivity contribution in [3.8, 4) is 0 Å². The number of sulfonamides is 1. The average molecular weight is 350 g/mol. The molecule has 0 bridgehead atoms. The first kappa shape index (κ1) is 17.9. The quantitative estimate of drug-likeness (QED) is 0.870. The van der Waals surface area contributed by atoms with E-state index in [1.807, 2.05) is 13.8 Å². The second-order valence-corrected chi connectivity index (χ2v) is 6.80. The van der Waals surface area contributed by atoms with Gasteiger partial charge in [-0.05, 0) is 56.3 Å². The molecular weight excluding hydrogens is 331 g/mol. The number of hydrogen-bond donors (Lipinski definition) is 1. The number of benzene rings is 2. The third kappa shape index (κ3) is 4.11. The van der Waals surface area contributed by atoms with Gasteiger partial charge in [0, 0.05) is 24.3 Å². The molecule has 0 saturated carbocycles. The maximum atomic E-state index is 12.9. The van der Waals surface area contributed by atoms with Gasteiger partial charge in [-0.2, -0.15) is 0 Å². The first-order valence-corrected chi connectivity index (χ1v) is 9.03. The number of halogens is 1. The molecule has 0 aliphatic rings. The summed E-state index contributed by atoms with van der Waals surface area (Å²) in [7, 11) is -3.85. The van der Waals surface area contributed by atoms with Gasteiger partial charge >= 0.3 is 0 Å². The normalized spacial score (nSPS) is 11.1. The zero-order valence-corrected chi connectivity index (χ0v) is 14.3. The van der Waals surface area contributed by atoms with Crippen molar-refractivity contribution in [1.82, 2.24) is 4.90 Å². The van der Waals surface area contributed by atoms with Crippen LogP contribution in [0.2, 0.25) is 0 Å². The minimum absolute atomic E-state index is 0.0515. The van der Waals surface area contributed by atoms with E-state index in [0.29, 0.717) is 18.7 Å². The Balaban J connectivity index is 2.26. The Hall–Kier alpha value is -2.41. The highest BCUT2D eigenvalue weighted by molar-refractivity contribution is 7.92. The van der Waals surface area contributed by atoms with Gasteiger partial charge in [-0.25, -0.2) is 12.8 Å². The number of amides is 1. The molecule has 0 unspecified atom stereocenters. The van der Waals surface area contributed by atoms with Gasteiger partial charge in [0.1, 0.15) is 5.82 Å². The van der Waals surface area contributed by atoms with Gasteiger partial charge in [-0.3, -0.25) is 9.52 Å². The predicted molar refractivity (Wildman–Crippen MR) is 90.9 cm³/mol. The van der Waals surface area contributed by atoms with E-state index in [9.17, 15) is 17.6 Å². The summed E-state index contributed by atoms with van der Waals surface area (Å²) in [6.07, 6.45) is 0. The first-order valence-electron chi connectivity index (χ1n) is 7.55. The maximum absolute atomic E-state index is 12.9. The Morgan fingerprint density at radius 3 is 2.29 bits per heavy atom. The lowest BCUT2D eigenvalue weighted by Gasteiger charge is -2.19. The van der Waals surface area contributed by atoms with Crippen molar-refractivity contribution in [2.45, 2.75) is 18.7 Å². The molecule has 0 aliphatic carbocycles. The number of carbonyl (C=O) groups excluding carboxylic acids is 1. The highest BCUT2D eigenvalue weighted by Crippen LogP contribution is 2.18. The molecule has 0 heterocycles. The summed E-state index contributed by atoms with van der Waals surface area (Å²) >= 11 is 0. The minimum atomic E-state index is -3.85. The Bertz CT molecular complexity index is 816. The Morgan fingerprint density at radius 1 is 1.08 bits per heavy atom. The number of hydrogen-bond acceptors (Lipinski definition) is 3. The van der Waals surface area contributed by atoms with Gasteiger partial charge in [-0.1, -0.05) is 6.07 Å². The molecule has 0 radical (unpaired) electrons. The van der Waals surface area contributed by atoms with Gasteiger partial charge in [0.15, 0.2) is 0 Å². The van der Waals surface area contributed by atoms with Crippen molar-refractivity contribution in [2.75, 3.05) is 17.8 Å². The Labute approximate surface area is 141 Å². The minimum Gasteiger partial charge on any atom is -0.339 e. The van der Waals surface area contributed by atoms with E-state index in [4.69, 9.17) is 0 Å². The van der Waals surface area contributed by atoms with Gasteiger partial charge in [0.25, 0.3) is 15.9 Å². The molecule has 7 heteroatoms. The van der Waals surface area contributed by atoms with Crippen LogP contribution in [0, 0.1) is 5.82 Å². The standard InChI is InChI=1S/C17H19FN2O3S/c1-3-20(4-2)17(21)13-6-5-7-15(12-13)19-24(22,23)16-10-8-14(18)9-11-16/h5-12,19H,3-4H2,1-2H3. The fourth-order valence-electron chi connectivity index (χ4n) is 2.24. The summed E-state index contributed by atoms with van der Waals surface area (Å²) in [5.41, 5.74) is 0.676. The van der Waals surface area contributed by atoms with Crippen molar-refractivity contribution < 1.29 is 17.6 Å². The first-order chi connectivity index (χ1) is 11.4. The molecule has 1 amide bonds. The number of nitrogens with one attached hydrogen (secondary N) is 1. The van der Waals surface area contributed by atoms with Crippen molar-refractivity contribution in [3.63, 3.8) is 0 Å². The van der Waals surface area contributed by atoms with Gasteiger partial charge in [-0.15, -0.1) is 0 Å². The summed E-state index contributed by atoms with van der Waals surface area (Å²) in [6, 6.07) is 10.8. The van der Waals surface area contributed by atoms with Crippen LogP contribution in [0.3, 0.4) is 0 Å². The molecule has 2 aromatic rings. The van der Waals surface area contributed by atoms with E-state index in [2.05, 4.69) is 4.72 Å². The Kier molecular flexibility index (Phi) is 5.56. The van der Waals surface area contributed by atoms with E-state index in [1.54, 1.807) is 23.1 Å². The summed E-state index contributed by atoms with van der Waals surface area (Å²) < 4.78 is 40.0. The zero-order valence-electron chi connectivity index (χ0n) is 13.5. The van der Waals surface area contributed by atoms with E-state index in [-0.39, 0.29) is 16.5 Å². The van der Waals surface area contributed by atoms with Crippen molar-refractivity contribution in [1.29, 1.82) is 0 Å². The highest BCUT2D eigenvalue weighted by atomic mass is 32.2. The lowest BCUT2D eigenvalue weighted by atomic mass is 10.2. The topological polar surface area (TPSA) is 66.5 Å². The molecule has 0 fully saturated rings. The fourth-order valence-corrected chi connectivity index (χ4v) is 3.29. The van der Waals surface area contributed by atoms with Crippen molar-refractivity contribution in [3.05, 3.63) is 59.9 Å². The average Bonchev–Trinajstić information content (AvgIpc) is 2.56. The van der Waals surface area contributed by atoms with Gasteiger partial charge in [0.05, 0.1) is 4.90 Å². The number of anilines is 1. The lowest BCUT2D eigenvalue weighted by Crippen LogP contribution is -2.30. The molecule has 2 rings (SSSR count). The lowest BCUT2D eigenvalue weighted by molar-refractivity contribution is 0.0773. The van der Waals surface area contributed by atoms with Crippen LogP contribution in [-0.4, -0.2) is 32.3 Å². The molecule has 0 atom stereocenters. The van der Waals surface area contributed by atoms with Crippen LogP contribution in [-0.2, 0) is 10.0 Å². The molecule has 2 aromatic carbocycles. The Morgan fingerprint density at radius 2 is 1.71 bits per heavy atom. The van der Waals surface area contributed by atoms with Crippen molar-refractivity contribution in [2.24, 2.45) is 0 Å². The molecule has 0 aliphatic heterocycles. The van der Waals surface area contributed by atoms with Crippen molar-refractivity contribution >= 4 is 21.6 Å². The third-order valence-corrected chi connectivity index (χ3v) is 4.93. The number of rotatable bonds is 6. The summed E-state index contributed by atoms with van der Waals surface area (Å²) in [4.78, 5) is 13.9. The monoisotopic (exact) mass is 350 g/mol. The van der Waals surface area contributed by atoms with E-state index in [0.717, 1.165) is 12.1 Å². The molecule has 0 saturated heterocycles. The SMILES string of the molecule is CCN(CC)C(=O)c1cccc(NS(=O)(=O)c2ccc(F)cc2)c1. The second-order valence-electron chi connectivity index (χ2n) is 5.12. The third-order valence-electron chi connectivity index (χ3n) is 3.54. The molecule has 128 valence electrons. The largest absolute Gasteiger partial charge is 0.339 e. The van der Waals surface area contributed by atoms with Crippen LogP contribution in [0.5, 0.6) is 0 Å². The highest BCUT2D eigenvalue weighted by Gasteiger charge is 2.16. The molecule has 24 heavy (non-hydrogen) atoms. The van der Waals surface area contributed by atoms with E-state index in [1.165, 1.54) is 18.2 Å². The molecule has 0 aromatic heterocycles. The van der Waals surface area contributed by atoms with E-state index >= 15 is 0 Å². The summed E-state index contributed by atoms with van der Waals surface area (Å²) in [6.45, 7) is 4.90. The molecule has 0 spiro atoms. The van der Waals surface area contributed by atoms with Crippen LogP contribution in [0.15, 0.2) is 53.4 Å². The maximum Gasteiger partial charge on any atom is 0.261 e. The van der Waals surface area contributed by atoms with Crippen LogP contribution in [0.4, 0.5) is 10.1 Å². The number of carbonyl (C=O) groups is 1. The number of nitrogens with zero attached hydrogens (tertiary/aromatic N) is 1. The van der Waals surface area contributed by atoms with Crippen LogP contribution in [0.25, 0.3) is 0 Å². The second kappa shape index (κ2) is 7.44. The van der Waals surface area contributed by atoms with Crippen LogP contribution < -0.4 is 4.72 Å². The van der Waals surface area contributed by atoms with Crippen LogP contribution in [0.1, 0.15) is 24.2 Å². The fraction of sp³-hybridized carbons (Fsp3) is 0.235. The molecule has 1 N–H and O–H groups in total. The van der Waals surface area contributed by atoms with E-state index < -0.39 is 15.8 Å². The summed E-state index contributed by atoms with van der Waals surface area (Å²) in [5.74, 6) is -0.677. The zero-order chi connectivity index (χ0) is 17.7. The smallest absolute Gasteiger partial charge is 0.261 e. The molecular formula is C17H19FN2O3S. The molecule has 5 nitrogen and oxygen atoms in total. The predicted octanol–water partition coefficient (Wildman–Crippen LogP) is 3.11. The van der Waals surface area contributed by atoms with Gasteiger partial charge in [0.2, 0.25) is 0 Å². The summed E-state index contributed by atoms with van der Waals surface area (Å²) in [5, 5.41) is 0.